The number of benzene rings is 2. The van der Waals surface area contributed by atoms with Crippen molar-refractivity contribution in [1.29, 1.82) is 0 Å². The number of carbonyl (C=O) groups is 1. The van der Waals surface area contributed by atoms with Gasteiger partial charge in [-0.15, -0.1) is 0 Å². The summed E-state index contributed by atoms with van der Waals surface area (Å²) in [4.78, 5) is 10.7. The minimum absolute atomic E-state index is 0. The van der Waals surface area contributed by atoms with E-state index in [0.29, 0.717) is 0 Å². The number of carbonyl (C=O) groups excluding carboxylic acids is 1. The molecule has 1 N–H and O–H groups in total. The fraction of sp³-hybridized carbons (Fsp3) is 0.167. The van der Waals surface area contributed by atoms with Crippen LogP contribution in [0.15, 0.2) is 52.3 Å². The van der Waals surface area contributed by atoms with Gasteiger partial charge in [-0.2, -0.15) is 0 Å². The zero-order valence-electron chi connectivity index (χ0n) is 16.9. The van der Waals surface area contributed by atoms with Crippen LogP contribution in [0, 0.1) is 5.92 Å². The fourth-order valence-electron chi connectivity index (χ4n) is 2.28. The molecule has 0 aliphatic heterocycles. The molecular weight excluding hydrogens is 452 g/mol. The maximum absolute atomic E-state index is 11.8. The second kappa shape index (κ2) is 11.9. The Labute approximate surface area is 220 Å². The normalized spacial score (nSPS) is 11.6. The van der Waals surface area contributed by atoms with Crippen LogP contribution in [0.5, 0.6) is 0 Å². The van der Waals surface area contributed by atoms with Gasteiger partial charge in [0.05, 0.1) is 9.79 Å². The molecule has 12 heteroatoms. The summed E-state index contributed by atoms with van der Waals surface area (Å²) in [5, 5.41) is 2.50. The molecule has 1 amide bonds. The molecule has 8 nitrogen and oxygen atoms in total. The Morgan fingerprint density at radius 2 is 1.37 bits per heavy atom. The molecule has 0 heterocycles. The molecule has 0 unspecified atom stereocenters. The first kappa shape index (κ1) is 29.5. The maximum Gasteiger partial charge on any atom is 1.00 e. The van der Waals surface area contributed by atoms with Crippen molar-refractivity contribution in [2.75, 3.05) is 5.32 Å². The van der Waals surface area contributed by atoms with E-state index in [0.717, 1.165) is 12.1 Å². The molecule has 2 aromatic rings. The summed E-state index contributed by atoms with van der Waals surface area (Å²) in [5.41, 5.74) is 0.160. The van der Waals surface area contributed by atoms with Crippen molar-refractivity contribution in [3.8, 4) is 0 Å². The molecule has 0 spiro atoms. The van der Waals surface area contributed by atoms with Gasteiger partial charge in [-0.1, -0.05) is 50.3 Å². The predicted molar refractivity (Wildman–Crippen MR) is 101 cm³/mol. The van der Waals surface area contributed by atoms with E-state index in [1.54, 1.807) is 13.8 Å². The van der Waals surface area contributed by atoms with Gasteiger partial charge in [0.25, 0.3) is 0 Å². The molecule has 0 radical (unpaired) electrons. The zero-order chi connectivity index (χ0) is 21.1. The average molecular weight is 469 g/mol. The van der Waals surface area contributed by atoms with Gasteiger partial charge in [-0.25, -0.2) is 16.8 Å². The number of rotatable bonds is 6. The number of nitrogens with one attached hydrogen (secondary N) is 1. The minimum Gasteiger partial charge on any atom is -0.744 e. The molecule has 30 heavy (non-hydrogen) atoms. The zero-order valence-corrected chi connectivity index (χ0v) is 22.6. The van der Waals surface area contributed by atoms with E-state index in [4.69, 9.17) is 0 Å². The Morgan fingerprint density at radius 1 is 0.867 bits per heavy atom. The van der Waals surface area contributed by atoms with Crippen molar-refractivity contribution in [1.82, 2.24) is 0 Å². The molecule has 0 bridgehead atoms. The molecular formula is C18H17NNa2O7S2. The number of anilines is 1. The van der Waals surface area contributed by atoms with Crippen LogP contribution in [0.1, 0.15) is 25.0 Å². The topological polar surface area (TPSA) is 144 Å². The van der Waals surface area contributed by atoms with E-state index in [9.17, 15) is 30.7 Å². The van der Waals surface area contributed by atoms with Gasteiger partial charge in [0.2, 0.25) is 5.91 Å². The largest absolute Gasteiger partial charge is 1.00 e. The molecule has 0 saturated heterocycles. The first-order chi connectivity index (χ1) is 12.9. The van der Waals surface area contributed by atoms with Crippen LogP contribution in [0.3, 0.4) is 0 Å². The molecule has 150 valence electrons. The Hall–Kier alpha value is -0.530. The van der Waals surface area contributed by atoms with E-state index < -0.39 is 30.0 Å². The van der Waals surface area contributed by atoms with Gasteiger partial charge in [0, 0.05) is 11.6 Å². The third-order valence-electron chi connectivity index (χ3n) is 3.71. The van der Waals surface area contributed by atoms with Gasteiger partial charge in [-0.3, -0.25) is 4.79 Å². The molecule has 0 atom stereocenters. The summed E-state index contributed by atoms with van der Waals surface area (Å²) in [7, 11) is -9.62. The number of hydrogen-bond acceptors (Lipinski definition) is 7. The monoisotopic (exact) mass is 469 g/mol. The van der Waals surface area contributed by atoms with Crippen LogP contribution in [0.2, 0.25) is 0 Å². The third kappa shape index (κ3) is 8.19. The van der Waals surface area contributed by atoms with Gasteiger partial charge < -0.3 is 14.4 Å². The van der Waals surface area contributed by atoms with Gasteiger partial charge >= 0.3 is 59.1 Å². The van der Waals surface area contributed by atoms with Crippen molar-refractivity contribution in [3.63, 3.8) is 0 Å². The molecule has 0 aliphatic carbocycles. The van der Waals surface area contributed by atoms with Crippen molar-refractivity contribution in [3.05, 3.63) is 53.6 Å². The molecule has 2 aromatic carbocycles. The van der Waals surface area contributed by atoms with Crippen LogP contribution < -0.4 is 64.4 Å². The summed E-state index contributed by atoms with van der Waals surface area (Å²) in [5.74, 6) is -0.704. The molecule has 0 saturated carbocycles. The van der Waals surface area contributed by atoms with Crippen LogP contribution in [-0.4, -0.2) is 31.8 Å². The first-order valence-corrected chi connectivity index (χ1v) is 10.8. The minimum atomic E-state index is -4.89. The van der Waals surface area contributed by atoms with Crippen LogP contribution in [-0.2, 0) is 25.0 Å². The maximum atomic E-state index is 11.8. The fourth-order valence-corrected chi connectivity index (χ4v) is 3.64. The third-order valence-corrected chi connectivity index (χ3v) is 5.51. The summed E-state index contributed by atoms with van der Waals surface area (Å²) in [6.07, 6.45) is 2.43. The van der Waals surface area contributed by atoms with Crippen molar-refractivity contribution in [2.45, 2.75) is 23.6 Å². The average Bonchev–Trinajstić information content (AvgIpc) is 2.59. The quantitative estimate of drug-likeness (QED) is 0.260. The molecule has 0 aromatic heterocycles. The van der Waals surface area contributed by atoms with Gasteiger partial charge in [0.15, 0.2) is 0 Å². The van der Waals surface area contributed by atoms with Crippen LogP contribution in [0.25, 0.3) is 12.2 Å². The summed E-state index contributed by atoms with van der Waals surface area (Å²) >= 11 is 0. The van der Waals surface area contributed by atoms with E-state index in [-0.39, 0.29) is 87.8 Å². The van der Waals surface area contributed by atoms with Gasteiger partial charge in [0.1, 0.15) is 20.2 Å². The molecule has 2 rings (SSSR count). The van der Waals surface area contributed by atoms with Gasteiger partial charge in [-0.05, 0) is 29.3 Å². The van der Waals surface area contributed by atoms with Crippen LogP contribution in [0.4, 0.5) is 5.69 Å². The number of amides is 1. The van der Waals surface area contributed by atoms with E-state index >= 15 is 0 Å². The standard InChI is InChI=1S/C18H19NO7S2.2Na/c1-12(2)18(20)19-15-10-9-14(17(11-15)28(24,25)26)8-7-13-5-3-4-6-16(13)27(21,22)23;;/h3-12H,1-2H3,(H,19,20)(H,21,22,23)(H,24,25,26);;/q;2*+1/p-2. The summed E-state index contributed by atoms with van der Waals surface area (Å²) in [6.45, 7) is 3.30. The van der Waals surface area contributed by atoms with Crippen molar-refractivity contribution >= 4 is 44.0 Å². The van der Waals surface area contributed by atoms with E-state index in [1.807, 2.05) is 0 Å². The Bertz CT molecular complexity index is 1140. The van der Waals surface area contributed by atoms with E-state index in [1.165, 1.54) is 42.5 Å². The van der Waals surface area contributed by atoms with E-state index in [2.05, 4.69) is 5.32 Å². The van der Waals surface area contributed by atoms with Crippen molar-refractivity contribution in [2.24, 2.45) is 5.92 Å². The predicted octanol–water partition coefficient (Wildman–Crippen LogP) is -3.73. The second-order valence-electron chi connectivity index (χ2n) is 6.18. The number of hydrogen-bond donors (Lipinski definition) is 1. The summed E-state index contributed by atoms with van der Waals surface area (Å²) < 4.78 is 68.8. The molecule has 0 fully saturated rings. The second-order valence-corrected chi connectivity index (χ2v) is 8.87. The van der Waals surface area contributed by atoms with Crippen molar-refractivity contribution < 1.29 is 89.9 Å². The Balaban J connectivity index is 0.00000420. The Morgan fingerprint density at radius 3 is 1.87 bits per heavy atom. The smallest absolute Gasteiger partial charge is 0.744 e. The van der Waals surface area contributed by atoms with Crippen LogP contribution >= 0.6 is 0 Å². The Kier molecular flexibility index (Phi) is 11.7. The molecule has 0 aliphatic rings. The first-order valence-electron chi connectivity index (χ1n) is 8.03. The summed E-state index contributed by atoms with van der Waals surface area (Å²) in [6, 6.07) is 9.10. The SMILES string of the molecule is CC(C)C(=O)Nc1ccc(C=Cc2ccccc2S(=O)(=O)[O-])c(S(=O)(=O)[O-])c1.[Na+].[Na+].